The molecule has 0 radical (unpaired) electrons. The molecule has 1 unspecified atom stereocenters. The average Bonchev–Trinajstić information content (AvgIpc) is 2.63. The molecule has 1 N–H and O–H groups in total. The van der Waals surface area contributed by atoms with Gasteiger partial charge >= 0.3 is 5.97 Å². The molecule has 0 saturated carbocycles. The highest BCUT2D eigenvalue weighted by atomic mass is 16.4. The number of carboxylic acid groups (broad SMARTS) is 1. The number of nitrogens with zero attached hydrogens (tertiary/aromatic N) is 2. The molecule has 1 aromatic heterocycles. The van der Waals surface area contributed by atoms with E-state index in [1.54, 1.807) is 18.5 Å². The first-order chi connectivity index (χ1) is 8.72. The Bertz CT molecular complexity index is 420. The van der Waals surface area contributed by atoms with E-state index in [-0.39, 0.29) is 0 Å². The van der Waals surface area contributed by atoms with Gasteiger partial charge in [-0.05, 0) is 31.2 Å². The van der Waals surface area contributed by atoms with Crippen LogP contribution in [0.1, 0.15) is 43.0 Å². The highest BCUT2D eigenvalue weighted by Crippen LogP contribution is 2.26. The number of carbonyl (C=O) groups is 1. The topological polar surface area (TPSA) is 53.4 Å². The number of carboxylic acids is 1. The molecule has 98 valence electrons. The number of hydrogen-bond donors (Lipinski definition) is 1. The van der Waals surface area contributed by atoms with Gasteiger partial charge in [0.25, 0.3) is 0 Å². The first kappa shape index (κ1) is 12.9. The van der Waals surface area contributed by atoms with Crippen molar-refractivity contribution in [3.8, 4) is 0 Å². The fraction of sp³-hybridized carbons (Fsp3) is 0.571. The van der Waals surface area contributed by atoms with Gasteiger partial charge in [-0.1, -0.05) is 13.3 Å². The zero-order valence-electron chi connectivity index (χ0n) is 10.8. The van der Waals surface area contributed by atoms with E-state index in [1.807, 2.05) is 0 Å². The minimum absolute atomic E-state index is 0.361. The van der Waals surface area contributed by atoms with E-state index in [9.17, 15) is 9.90 Å². The number of aromatic nitrogens is 1. The van der Waals surface area contributed by atoms with E-state index in [0.717, 1.165) is 37.5 Å². The van der Waals surface area contributed by atoms with Crippen LogP contribution in [0.2, 0.25) is 0 Å². The SMILES string of the molecule is CCC1CCCN(c2cnccc2C(=O)O)CC1. The summed E-state index contributed by atoms with van der Waals surface area (Å²) in [5, 5.41) is 9.21. The zero-order valence-corrected chi connectivity index (χ0v) is 10.8. The summed E-state index contributed by atoms with van der Waals surface area (Å²) in [7, 11) is 0. The van der Waals surface area contributed by atoms with Gasteiger partial charge in [0, 0.05) is 19.3 Å². The lowest BCUT2D eigenvalue weighted by Crippen LogP contribution is -2.26. The number of anilines is 1. The number of hydrogen-bond acceptors (Lipinski definition) is 3. The summed E-state index contributed by atoms with van der Waals surface area (Å²) < 4.78 is 0. The van der Waals surface area contributed by atoms with Crippen LogP contribution in [0.25, 0.3) is 0 Å². The van der Waals surface area contributed by atoms with Crippen LogP contribution in [-0.4, -0.2) is 29.1 Å². The van der Waals surface area contributed by atoms with Gasteiger partial charge in [-0.2, -0.15) is 0 Å². The standard InChI is InChI=1S/C14H20N2O2/c1-2-11-4-3-8-16(9-6-11)13-10-15-7-5-12(13)14(17)18/h5,7,10-11H,2-4,6,8-9H2,1H3,(H,17,18). The quantitative estimate of drug-likeness (QED) is 0.893. The molecule has 0 aromatic carbocycles. The van der Waals surface area contributed by atoms with Crippen LogP contribution in [0.3, 0.4) is 0 Å². The van der Waals surface area contributed by atoms with Crippen LogP contribution in [0, 0.1) is 5.92 Å². The van der Waals surface area contributed by atoms with Gasteiger partial charge < -0.3 is 10.0 Å². The Labute approximate surface area is 108 Å². The lowest BCUT2D eigenvalue weighted by Gasteiger charge is -2.23. The van der Waals surface area contributed by atoms with Crippen molar-refractivity contribution in [1.29, 1.82) is 0 Å². The second-order valence-electron chi connectivity index (χ2n) is 4.89. The summed E-state index contributed by atoms with van der Waals surface area (Å²) in [6.45, 7) is 4.10. The average molecular weight is 248 g/mol. The minimum Gasteiger partial charge on any atom is -0.478 e. The Hall–Kier alpha value is -1.58. The molecule has 4 heteroatoms. The van der Waals surface area contributed by atoms with E-state index >= 15 is 0 Å². The molecule has 2 rings (SSSR count). The van der Waals surface area contributed by atoms with Crippen molar-refractivity contribution < 1.29 is 9.90 Å². The molecule has 4 nitrogen and oxygen atoms in total. The zero-order chi connectivity index (χ0) is 13.0. The molecule has 0 bridgehead atoms. The molecule has 0 spiro atoms. The third-order valence-electron chi connectivity index (χ3n) is 3.80. The Morgan fingerprint density at radius 3 is 3.06 bits per heavy atom. The summed E-state index contributed by atoms with van der Waals surface area (Å²) in [6, 6.07) is 1.58. The second kappa shape index (κ2) is 5.85. The number of aromatic carboxylic acids is 1. The lowest BCUT2D eigenvalue weighted by molar-refractivity contribution is 0.0697. The van der Waals surface area contributed by atoms with E-state index in [2.05, 4.69) is 16.8 Å². The fourth-order valence-electron chi connectivity index (χ4n) is 2.63. The third kappa shape index (κ3) is 2.81. The Kier molecular flexibility index (Phi) is 4.18. The van der Waals surface area contributed by atoms with Gasteiger partial charge in [-0.15, -0.1) is 0 Å². The van der Waals surface area contributed by atoms with E-state index < -0.39 is 5.97 Å². The van der Waals surface area contributed by atoms with Crippen molar-refractivity contribution >= 4 is 11.7 Å². The third-order valence-corrected chi connectivity index (χ3v) is 3.80. The van der Waals surface area contributed by atoms with Gasteiger partial charge in [0.15, 0.2) is 0 Å². The van der Waals surface area contributed by atoms with Crippen LogP contribution in [0.15, 0.2) is 18.5 Å². The molecule has 1 saturated heterocycles. The van der Waals surface area contributed by atoms with Crippen LogP contribution in [0.4, 0.5) is 5.69 Å². The van der Waals surface area contributed by atoms with E-state index in [4.69, 9.17) is 0 Å². The highest BCUT2D eigenvalue weighted by molar-refractivity contribution is 5.94. The van der Waals surface area contributed by atoms with Crippen molar-refractivity contribution in [1.82, 2.24) is 4.98 Å². The van der Waals surface area contributed by atoms with E-state index in [1.165, 1.54) is 12.8 Å². The summed E-state index contributed by atoms with van der Waals surface area (Å²) in [5.41, 5.74) is 1.13. The molecule has 1 aliphatic heterocycles. The molecule has 0 aliphatic carbocycles. The summed E-state index contributed by atoms with van der Waals surface area (Å²) in [4.78, 5) is 17.5. The van der Waals surface area contributed by atoms with Gasteiger partial charge in [0.1, 0.15) is 0 Å². The largest absolute Gasteiger partial charge is 0.478 e. The molecule has 0 amide bonds. The number of rotatable bonds is 3. The molecule has 1 aliphatic rings. The van der Waals surface area contributed by atoms with Crippen molar-refractivity contribution in [3.05, 3.63) is 24.0 Å². The fourth-order valence-corrected chi connectivity index (χ4v) is 2.63. The van der Waals surface area contributed by atoms with Gasteiger partial charge in [-0.25, -0.2) is 4.79 Å². The van der Waals surface area contributed by atoms with Crippen LogP contribution in [0.5, 0.6) is 0 Å². The predicted molar refractivity (Wildman–Crippen MR) is 71.0 cm³/mol. The van der Waals surface area contributed by atoms with E-state index in [0.29, 0.717) is 5.56 Å². The Morgan fingerprint density at radius 1 is 1.50 bits per heavy atom. The van der Waals surface area contributed by atoms with Crippen LogP contribution < -0.4 is 4.90 Å². The van der Waals surface area contributed by atoms with Gasteiger partial charge in [0.05, 0.1) is 17.4 Å². The normalized spacial score (nSPS) is 20.5. The van der Waals surface area contributed by atoms with Crippen molar-refractivity contribution in [3.63, 3.8) is 0 Å². The van der Waals surface area contributed by atoms with Crippen molar-refractivity contribution in [2.75, 3.05) is 18.0 Å². The molecular formula is C14H20N2O2. The Balaban J connectivity index is 2.18. The smallest absolute Gasteiger partial charge is 0.337 e. The van der Waals surface area contributed by atoms with Crippen LogP contribution in [-0.2, 0) is 0 Å². The first-order valence-electron chi connectivity index (χ1n) is 6.64. The lowest BCUT2D eigenvalue weighted by atomic mass is 9.98. The Morgan fingerprint density at radius 2 is 2.33 bits per heavy atom. The maximum atomic E-state index is 11.2. The maximum absolute atomic E-state index is 11.2. The molecular weight excluding hydrogens is 228 g/mol. The highest BCUT2D eigenvalue weighted by Gasteiger charge is 2.20. The summed E-state index contributed by atoms with van der Waals surface area (Å²) in [6.07, 6.45) is 7.95. The number of pyridine rings is 1. The van der Waals surface area contributed by atoms with Crippen molar-refractivity contribution in [2.24, 2.45) is 5.92 Å². The van der Waals surface area contributed by atoms with Gasteiger partial charge in [-0.3, -0.25) is 4.98 Å². The summed E-state index contributed by atoms with van der Waals surface area (Å²) in [5.74, 6) is -0.0939. The molecule has 2 heterocycles. The predicted octanol–water partition coefficient (Wildman–Crippen LogP) is 2.80. The molecule has 1 aromatic rings. The maximum Gasteiger partial charge on any atom is 0.337 e. The minimum atomic E-state index is -0.872. The van der Waals surface area contributed by atoms with Gasteiger partial charge in [0.2, 0.25) is 0 Å². The monoisotopic (exact) mass is 248 g/mol. The molecule has 18 heavy (non-hydrogen) atoms. The van der Waals surface area contributed by atoms with Crippen molar-refractivity contribution in [2.45, 2.75) is 32.6 Å². The van der Waals surface area contributed by atoms with Crippen LogP contribution >= 0.6 is 0 Å². The molecule has 1 atom stereocenters. The summed E-state index contributed by atoms with van der Waals surface area (Å²) >= 11 is 0. The first-order valence-corrected chi connectivity index (χ1v) is 6.64. The second-order valence-corrected chi connectivity index (χ2v) is 4.89. The molecule has 1 fully saturated rings.